The molecule has 2 atom stereocenters. The maximum atomic E-state index is 5.07. The average Bonchev–Trinajstić information content (AvgIpc) is 2.61. The van der Waals surface area contributed by atoms with Crippen molar-refractivity contribution in [2.24, 2.45) is 11.8 Å². The van der Waals surface area contributed by atoms with E-state index in [1.54, 1.807) is 7.11 Å². The minimum Gasteiger partial charge on any atom is -0.385 e. The molecule has 1 rings (SSSR count). The molecule has 1 saturated carbocycles. The predicted molar refractivity (Wildman–Crippen MR) is 60.5 cm³/mol. The van der Waals surface area contributed by atoms with E-state index in [9.17, 15) is 0 Å². The van der Waals surface area contributed by atoms with Gasteiger partial charge >= 0.3 is 0 Å². The lowest BCUT2D eigenvalue weighted by molar-refractivity contribution is 0.188. The molecular weight excluding hydrogens is 174 g/mol. The number of hydrogen-bond acceptors (Lipinski definition) is 2. The quantitative estimate of drug-likeness (QED) is 0.636. The molecule has 14 heavy (non-hydrogen) atoms. The van der Waals surface area contributed by atoms with Gasteiger partial charge in [0.05, 0.1) is 0 Å². The maximum Gasteiger partial charge on any atom is 0.0462 e. The van der Waals surface area contributed by atoms with Crippen LogP contribution < -0.4 is 5.32 Å². The Morgan fingerprint density at radius 3 is 2.71 bits per heavy atom. The van der Waals surface area contributed by atoms with E-state index in [0.29, 0.717) is 0 Å². The van der Waals surface area contributed by atoms with Gasteiger partial charge in [-0.2, -0.15) is 0 Å². The number of rotatable bonds is 7. The van der Waals surface area contributed by atoms with Gasteiger partial charge in [0.25, 0.3) is 0 Å². The smallest absolute Gasteiger partial charge is 0.0462 e. The van der Waals surface area contributed by atoms with Gasteiger partial charge in [0.2, 0.25) is 0 Å². The monoisotopic (exact) mass is 199 g/mol. The molecule has 1 fully saturated rings. The van der Waals surface area contributed by atoms with Crippen LogP contribution >= 0.6 is 0 Å². The van der Waals surface area contributed by atoms with E-state index >= 15 is 0 Å². The summed E-state index contributed by atoms with van der Waals surface area (Å²) in [5.74, 6) is 1.93. The summed E-state index contributed by atoms with van der Waals surface area (Å²) in [7, 11) is 3.86. The SMILES string of the molecule is CNCC1CCCC1CCCCOC. The van der Waals surface area contributed by atoms with Gasteiger partial charge in [-0.05, 0) is 38.3 Å². The molecule has 1 aliphatic rings. The molecule has 0 aromatic heterocycles. The summed E-state index contributed by atoms with van der Waals surface area (Å²) in [5, 5.41) is 3.32. The molecular formula is C12H25NO. The highest BCUT2D eigenvalue weighted by molar-refractivity contribution is 4.78. The molecule has 0 aromatic carbocycles. The third kappa shape index (κ3) is 3.97. The predicted octanol–water partition coefficient (Wildman–Crippen LogP) is 2.44. The Hall–Kier alpha value is -0.0800. The largest absolute Gasteiger partial charge is 0.385 e. The summed E-state index contributed by atoms with van der Waals surface area (Å²) in [6.07, 6.45) is 8.34. The van der Waals surface area contributed by atoms with Crippen LogP contribution in [0.4, 0.5) is 0 Å². The Kier molecular flexibility index (Phi) is 6.20. The van der Waals surface area contributed by atoms with Crippen molar-refractivity contribution in [2.45, 2.75) is 38.5 Å². The van der Waals surface area contributed by atoms with Crippen LogP contribution in [0.5, 0.6) is 0 Å². The molecule has 0 aromatic rings. The van der Waals surface area contributed by atoms with Gasteiger partial charge < -0.3 is 10.1 Å². The van der Waals surface area contributed by atoms with Crippen molar-refractivity contribution < 1.29 is 4.74 Å². The summed E-state index contributed by atoms with van der Waals surface area (Å²) in [4.78, 5) is 0. The number of hydrogen-bond donors (Lipinski definition) is 1. The van der Waals surface area contributed by atoms with Crippen molar-refractivity contribution in [3.63, 3.8) is 0 Å². The van der Waals surface area contributed by atoms with Gasteiger partial charge in [-0.3, -0.25) is 0 Å². The van der Waals surface area contributed by atoms with Gasteiger partial charge in [0, 0.05) is 13.7 Å². The van der Waals surface area contributed by atoms with E-state index in [1.165, 1.54) is 45.1 Å². The van der Waals surface area contributed by atoms with E-state index in [0.717, 1.165) is 18.4 Å². The molecule has 2 heteroatoms. The maximum absolute atomic E-state index is 5.07. The Balaban J connectivity index is 2.09. The fourth-order valence-electron chi connectivity index (χ4n) is 2.68. The Morgan fingerprint density at radius 2 is 2.00 bits per heavy atom. The van der Waals surface area contributed by atoms with Crippen molar-refractivity contribution in [1.29, 1.82) is 0 Å². The second-order valence-corrected chi connectivity index (χ2v) is 4.50. The number of nitrogens with one attached hydrogen (secondary N) is 1. The first kappa shape index (κ1) is 12.0. The minimum absolute atomic E-state index is 0.934. The normalized spacial score (nSPS) is 27.0. The van der Waals surface area contributed by atoms with E-state index in [4.69, 9.17) is 4.74 Å². The molecule has 0 heterocycles. The van der Waals surface area contributed by atoms with Crippen molar-refractivity contribution >= 4 is 0 Å². The van der Waals surface area contributed by atoms with Crippen LogP contribution in [0.3, 0.4) is 0 Å². The zero-order valence-electron chi connectivity index (χ0n) is 9.72. The van der Waals surface area contributed by atoms with E-state index in [1.807, 2.05) is 0 Å². The highest BCUT2D eigenvalue weighted by Gasteiger charge is 2.25. The molecule has 1 aliphatic carbocycles. The lowest BCUT2D eigenvalue weighted by atomic mass is 9.91. The highest BCUT2D eigenvalue weighted by atomic mass is 16.5. The third-order valence-corrected chi connectivity index (χ3v) is 3.46. The summed E-state index contributed by atoms with van der Waals surface area (Å²) < 4.78 is 5.07. The third-order valence-electron chi connectivity index (χ3n) is 3.46. The number of methoxy groups -OCH3 is 1. The zero-order chi connectivity index (χ0) is 10.2. The second kappa shape index (κ2) is 7.24. The topological polar surface area (TPSA) is 21.3 Å². The molecule has 1 N–H and O–H groups in total. The van der Waals surface area contributed by atoms with Crippen molar-refractivity contribution in [3.8, 4) is 0 Å². The summed E-state index contributed by atoms with van der Waals surface area (Å²) in [5.41, 5.74) is 0. The first-order valence-corrected chi connectivity index (χ1v) is 6.02. The van der Waals surface area contributed by atoms with Gasteiger partial charge in [-0.1, -0.05) is 25.7 Å². The molecule has 0 spiro atoms. The first-order valence-electron chi connectivity index (χ1n) is 6.02. The number of unbranched alkanes of at least 4 members (excludes halogenated alkanes) is 1. The Bertz CT molecular complexity index is 138. The first-order chi connectivity index (χ1) is 6.88. The molecule has 2 unspecified atom stereocenters. The molecule has 0 aliphatic heterocycles. The van der Waals surface area contributed by atoms with Gasteiger partial charge in [0.1, 0.15) is 0 Å². The second-order valence-electron chi connectivity index (χ2n) is 4.50. The lowest BCUT2D eigenvalue weighted by Gasteiger charge is -2.18. The lowest BCUT2D eigenvalue weighted by Crippen LogP contribution is -2.22. The molecule has 0 saturated heterocycles. The molecule has 2 nitrogen and oxygen atoms in total. The van der Waals surface area contributed by atoms with Crippen LogP contribution in [0, 0.1) is 11.8 Å². The molecule has 0 amide bonds. The summed E-state index contributed by atoms with van der Waals surface area (Å²) in [6.45, 7) is 2.15. The van der Waals surface area contributed by atoms with Crippen LogP contribution in [0.15, 0.2) is 0 Å². The number of ether oxygens (including phenoxy) is 1. The van der Waals surface area contributed by atoms with Crippen LogP contribution in [0.25, 0.3) is 0 Å². The standard InChI is InChI=1S/C12H25NO/c1-13-10-12-8-5-7-11(12)6-3-4-9-14-2/h11-13H,3-10H2,1-2H3. The fourth-order valence-corrected chi connectivity index (χ4v) is 2.68. The van der Waals surface area contributed by atoms with Crippen LogP contribution in [0.1, 0.15) is 38.5 Å². The molecule has 0 bridgehead atoms. The zero-order valence-corrected chi connectivity index (χ0v) is 9.72. The van der Waals surface area contributed by atoms with Crippen LogP contribution in [0.2, 0.25) is 0 Å². The molecule has 0 radical (unpaired) electrons. The van der Waals surface area contributed by atoms with Crippen LogP contribution in [-0.4, -0.2) is 27.3 Å². The van der Waals surface area contributed by atoms with Crippen molar-refractivity contribution in [3.05, 3.63) is 0 Å². The van der Waals surface area contributed by atoms with E-state index in [2.05, 4.69) is 12.4 Å². The van der Waals surface area contributed by atoms with E-state index < -0.39 is 0 Å². The van der Waals surface area contributed by atoms with Crippen molar-refractivity contribution in [2.75, 3.05) is 27.3 Å². The van der Waals surface area contributed by atoms with Gasteiger partial charge in [0.15, 0.2) is 0 Å². The Labute approximate surface area is 88.4 Å². The summed E-state index contributed by atoms with van der Waals surface area (Å²) in [6, 6.07) is 0. The van der Waals surface area contributed by atoms with Gasteiger partial charge in [-0.25, -0.2) is 0 Å². The van der Waals surface area contributed by atoms with Crippen LogP contribution in [-0.2, 0) is 4.74 Å². The minimum atomic E-state index is 0.934. The van der Waals surface area contributed by atoms with Gasteiger partial charge in [-0.15, -0.1) is 0 Å². The van der Waals surface area contributed by atoms with E-state index in [-0.39, 0.29) is 0 Å². The van der Waals surface area contributed by atoms with Crippen molar-refractivity contribution in [1.82, 2.24) is 5.32 Å². The fraction of sp³-hybridized carbons (Fsp3) is 1.00. The molecule has 84 valence electrons. The average molecular weight is 199 g/mol. The highest BCUT2D eigenvalue weighted by Crippen LogP contribution is 2.34. The summed E-state index contributed by atoms with van der Waals surface area (Å²) >= 11 is 0. The Morgan fingerprint density at radius 1 is 1.21 bits per heavy atom.